The van der Waals surface area contributed by atoms with Crippen molar-refractivity contribution in [2.24, 2.45) is 0 Å². The minimum absolute atomic E-state index is 0.542. The molecule has 0 aromatic carbocycles. The maximum absolute atomic E-state index is 5.62. The van der Waals surface area contributed by atoms with Gasteiger partial charge in [-0.2, -0.15) is 0 Å². The van der Waals surface area contributed by atoms with Gasteiger partial charge in [-0.15, -0.1) is 11.3 Å². The first-order valence-corrected chi connectivity index (χ1v) is 5.51. The number of hydrogen-bond donors (Lipinski definition) is 1. The van der Waals surface area contributed by atoms with Crippen molar-refractivity contribution in [1.82, 2.24) is 4.98 Å². The van der Waals surface area contributed by atoms with E-state index in [1.54, 1.807) is 22.7 Å². The van der Waals surface area contributed by atoms with E-state index in [0.717, 1.165) is 5.52 Å². The number of thiophene rings is 1. The van der Waals surface area contributed by atoms with Crippen LogP contribution in [-0.4, -0.2) is 4.98 Å². The van der Waals surface area contributed by atoms with Crippen molar-refractivity contribution in [3.8, 4) is 0 Å². The van der Waals surface area contributed by atoms with Crippen molar-refractivity contribution in [1.29, 1.82) is 0 Å². The molecule has 2 nitrogen and oxygen atoms in total. The summed E-state index contributed by atoms with van der Waals surface area (Å²) < 4.78 is 1.25. The monoisotopic (exact) mass is 198 g/mol. The number of nitrogens with two attached hydrogens (primary N) is 1. The fourth-order valence-corrected chi connectivity index (χ4v) is 3.24. The maximum Gasteiger partial charge on any atom is 0.181 e. The van der Waals surface area contributed by atoms with Crippen molar-refractivity contribution in [3.05, 3.63) is 10.9 Å². The van der Waals surface area contributed by atoms with Gasteiger partial charge in [0.1, 0.15) is 4.01 Å². The molecule has 4 heteroatoms. The van der Waals surface area contributed by atoms with Crippen molar-refractivity contribution < 1.29 is 0 Å². The Balaban J connectivity index is 2.68. The molecule has 0 amide bonds. The average Bonchev–Trinajstić information content (AvgIpc) is 2.43. The Morgan fingerprint density at radius 2 is 2.25 bits per heavy atom. The highest BCUT2D eigenvalue weighted by atomic mass is 32.2. The molecule has 0 aliphatic heterocycles. The van der Waals surface area contributed by atoms with E-state index in [4.69, 9.17) is 5.73 Å². The average molecular weight is 198 g/mol. The van der Waals surface area contributed by atoms with Crippen molar-refractivity contribution in [3.63, 3.8) is 0 Å². The fraction of sp³-hybridized carbons (Fsp3) is 0.375. The summed E-state index contributed by atoms with van der Waals surface area (Å²) in [5, 5.41) is 2.86. The van der Waals surface area contributed by atoms with E-state index in [-0.39, 0.29) is 0 Å². The van der Waals surface area contributed by atoms with E-state index in [0.29, 0.717) is 11.0 Å². The molecule has 0 atom stereocenters. The Morgan fingerprint density at radius 1 is 1.50 bits per heavy atom. The lowest BCUT2D eigenvalue weighted by atomic mass is 10.1. The van der Waals surface area contributed by atoms with Crippen LogP contribution < -0.4 is 5.73 Å². The SMILES string of the molecule is CC(C)c1csc2sc(N)nc12. The van der Waals surface area contributed by atoms with Crippen molar-refractivity contribution in [2.75, 3.05) is 5.73 Å². The van der Waals surface area contributed by atoms with E-state index >= 15 is 0 Å². The van der Waals surface area contributed by atoms with Crippen LogP contribution in [0.2, 0.25) is 0 Å². The van der Waals surface area contributed by atoms with Crippen LogP contribution in [-0.2, 0) is 0 Å². The highest BCUT2D eigenvalue weighted by Crippen LogP contribution is 2.35. The third-order valence-electron chi connectivity index (χ3n) is 1.80. The Hall–Kier alpha value is -0.610. The largest absolute Gasteiger partial charge is 0.375 e. The van der Waals surface area contributed by atoms with Gasteiger partial charge >= 0.3 is 0 Å². The molecule has 0 radical (unpaired) electrons. The zero-order valence-corrected chi connectivity index (χ0v) is 8.63. The number of thiazole rings is 1. The van der Waals surface area contributed by atoms with E-state index in [1.807, 2.05) is 0 Å². The van der Waals surface area contributed by atoms with Crippen LogP contribution in [0.25, 0.3) is 9.53 Å². The summed E-state index contributed by atoms with van der Waals surface area (Å²) in [6.45, 7) is 4.36. The highest BCUT2D eigenvalue weighted by molar-refractivity contribution is 7.39. The van der Waals surface area contributed by atoms with Gasteiger partial charge in [-0.3, -0.25) is 0 Å². The lowest BCUT2D eigenvalue weighted by molar-refractivity contribution is 0.878. The van der Waals surface area contributed by atoms with Crippen LogP contribution in [0.4, 0.5) is 5.13 Å². The molecular weight excluding hydrogens is 188 g/mol. The molecule has 2 heterocycles. The molecule has 2 rings (SSSR count). The third kappa shape index (κ3) is 1.11. The van der Waals surface area contributed by atoms with Crippen LogP contribution in [0, 0.1) is 0 Å². The van der Waals surface area contributed by atoms with E-state index in [2.05, 4.69) is 24.2 Å². The molecule has 12 heavy (non-hydrogen) atoms. The summed E-state index contributed by atoms with van der Waals surface area (Å²) in [6, 6.07) is 0. The first-order chi connectivity index (χ1) is 5.68. The topological polar surface area (TPSA) is 38.9 Å². The molecule has 64 valence electrons. The number of anilines is 1. The van der Waals surface area contributed by atoms with Crippen molar-refractivity contribution >= 4 is 37.3 Å². The molecular formula is C8H10N2S2. The van der Waals surface area contributed by atoms with Crippen molar-refractivity contribution in [2.45, 2.75) is 19.8 Å². The third-order valence-corrected chi connectivity index (χ3v) is 3.80. The number of nitrogen functional groups attached to an aromatic ring is 1. The van der Waals surface area contributed by atoms with E-state index < -0.39 is 0 Å². The quantitative estimate of drug-likeness (QED) is 0.765. The van der Waals surface area contributed by atoms with Gasteiger partial charge in [0.25, 0.3) is 0 Å². The number of aromatic nitrogens is 1. The summed E-state index contributed by atoms with van der Waals surface area (Å²) in [5.74, 6) is 0.542. The van der Waals surface area contributed by atoms with Gasteiger partial charge in [-0.25, -0.2) is 4.98 Å². The summed E-state index contributed by atoms with van der Waals surface area (Å²) in [4.78, 5) is 4.30. The van der Waals surface area contributed by atoms with Gasteiger partial charge in [0, 0.05) is 0 Å². The molecule has 2 aromatic rings. The Morgan fingerprint density at radius 3 is 2.92 bits per heavy atom. The van der Waals surface area contributed by atoms with Crippen LogP contribution in [0.15, 0.2) is 5.38 Å². The lowest BCUT2D eigenvalue weighted by Crippen LogP contribution is -1.85. The Kier molecular flexibility index (Phi) is 1.81. The Labute approximate surface area is 79.0 Å². The van der Waals surface area contributed by atoms with Gasteiger partial charge in [0.2, 0.25) is 0 Å². The summed E-state index contributed by atoms with van der Waals surface area (Å²) in [6.07, 6.45) is 0. The summed E-state index contributed by atoms with van der Waals surface area (Å²) in [7, 11) is 0. The summed E-state index contributed by atoms with van der Waals surface area (Å²) in [5.41, 5.74) is 8.05. The number of nitrogens with zero attached hydrogens (tertiary/aromatic N) is 1. The van der Waals surface area contributed by atoms with Crippen LogP contribution in [0.5, 0.6) is 0 Å². The second-order valence-corrected chi connectivity index (χ2v) is 5.20. The fourth-order valence-electron chi connectivity index (χ4n) is 1.17. The lowest BCUT2D eigenvalue weighted by Gasteiger charge is -1.98. The van der Waals surface area contributed by atoms with Gasteiger partial charge in [-0.05, 0) is 16.9 Å². The molecule has 0 saturated carbocycles. The minimum atomic E-state index is 0.542. The second-order valence-electron chi connectivity index (χ2n) is 3.03. The molecule has 0 aliphatic carbocycles. The van der Waals surface area contributed by atoms with Gasteiger partial charge < -0.3 is 5.73 Å². The molecule has 0 fully saturated rings. The molecule has 2 N–H and O–H groups in total. The summed E-state index contributed by atoms with van der Waals surface area (Å²) >= 11 is 3.31. The zero-order valence-electron chi connectivity index (χ0n) is 7.00. The zero-order chi connectivity index (χ0) is 8.72. The molecule has 2 aromatic heterocycles. The van der Waals surface area contributed by atoms with Crippen LogP contribution >= 0.6 is 22.7 Å². The normalized spacial score (nSPS) is 11.6. The second kappa shape index (κ2) is 2.71. The predicted molar refractivity (Wildman–Crippen MR) is 56.0 cm³/mol. The van der Waals surface area contributed by atoms with E-state index in [1.165, 1.54) is 9.58 Å². The van der Waals surface area contributed by atoms with Gasteiger partial charge in [0.15, 0.2) is 5.13 Å². The number of fused-ring (bicyclic) bond motifs is 1. The number of rotatable bonds is 1. The van der Waals surface area contributed by atoms with Gasteiger partial charge in [-0.1, -0.05) is 25.2 Å². The predicted octanol–water partition coefficient (Wildman–Crippen LogP) is 3.06. The first-order valence-electron chi connectivity index (χ1n) is 3.82. The van der Waals surface area contributed by atoms with Gasteiger partial charge in [0.05, 0.1) is 5.52 Å². The Bertz CT molecular complexity index is 400. The molecule has 0 bridgehead atoms. The molecule has 0 spiro atoms. The minimum Gasteiger partial charge on any atom is -0.375 e. The van der Waals surface area contributed by atoms with Crippen LogP contribution in [0.3, 0.4) is 0 Å². The molecule has 0 saturated heterocycles. The molecule has 0 aliphatic rings. The molecule has 0 unspecified atom stereocenters. The van der Waals surface area contributed by atoms with Crippen LogP contribution in [0.1, 0.15) is 25.3 Å². The standard InChI is InChI=1S/C8H10N2S2/c1-4(2)5-3-11-7-6(5)10-8(9)12-7/h3-4H,1-2H3,(H2,9,10). The highest BCUT2D eigenvalue weighted by Gasteiger charge is 2.11. The number of hydrogen-bond acceptors (Lipinski definition) is 4. The van der Waals surface area contributed by atoms with E-state index in [9.17, 15) is 0 Å². The maximum atomic E-state index is 5.62. The first kappa shape index (κ1) is 8.01. The smallest absolute Gasteiger partial charge is 0.181 e.